The highest BCUT2D eigenvalue weighted by Crippen LogP contribution is 2.22. The van der Waals surface area contributed by atoms with Crippen LogP contribution in [0.1, 0.15) is 74.4 Å². The van der Waals surface area contributed by atoms with Gasteiger partial charge in [0.05, 0.1) is 36.1 Å². The predicted octanol–water partition coefficient (Wildman–Crippen LogP) is 5.27. The zero-order valence-corrected chi connectivity index (χ0v) is 22.8. The van der Waals surface area contributed by atoms with Crippen molar-refractivity contribution >= 4 is 40.4 Å². The van der Waals surface area contributed by atoms with E-state index < -0.39 is 5.97 Å². The van der Waals surface area contributed by atoms with Crippen LogP contribution in [0.4, 0.5) is 0 Å². The van der Waals surface area contributed by atoms with Crippen molar-refractivity contribution in [3.05, 3.63) is 52.1 Å². The number of hydrogen-bond donors (Lipinski definition) is 1. The van der Waals surface area contributed by atoms with Crippen molar-refractivity contribution in [2.45, 2.75) is 66.5 Å². The van der Waals surface area contributed by atoms with Crippen LogP contribution in [0.25, 0.3) is 0 Å². The fraction of sp³-hybridized carbons (Fsp3) is 0.538. The third kappa shape index (κ3) is 9.00. The summed E-state index contributed by atoms with van der Waals surface area (Å²) >= 11 is 7.52. The lowest BCUT2D eigenvalue weighted by atomic mass is 9.98. The molecule has 0 spiro atoms. The number of unbranched alkanes of at least 4 members (excludes halogenated alkanes) is 1. The van der Waals surface area contributed by atoms with Gasteiger partial charge in [-0.15, -0.1) is 0 Å². The normalized spacial score (nSPS) is 12.0. The molecule has 2 aromatic rings. The summed E-state index contributed by atoms with van der Waals surface area (Å²) in [6, 6.07) is 5.27. The van der Waals surface area contributed by atoms with Crippen LogP contribution in [0.5, 0.6) is 0 Å². The van der Waals surface area contributed by atoms with Gasteiger partial charge in [-0.3, -0.25) is 9.59 Å². The zero-order valence-electron chi connectivity index (χ0n) is 21.2. The Morgan fingerprint density at radius 1 is 1.26 bits per heavy atom. The number of rotatable bonds is 13. The Hall–Kier alpha value is -2.32. The molecule has 0 aliphatic carbocycles. The first kappa shape index (κ1) is 28.9. The van der Waals surface area contributed by atoms with E-state index >= 15 is 0 Å². The Kier molecular flexibility index (Phi) is 11.8. The second kappa shape index (κ2) is 14.3. The molecule has 1 aromatic heterocycles. The predicted molar refractivity (Wildman–Crippen MR) is 141 cm³/mol. The molecule has 0 unspecified atom stereocenters. The number of methoxy groups -OCH3 is 1. The standard InChI is InChI=1S/C26H36ClN3O4S/c1-6-7-8-24-28-13-21(14-29-25(32)20(11-17(2)3)16-35-18(4)31)30(24)15-19-9-10-22(23(27)12-19)26(33)34-5/h9-10,12-13,17,20H,6-8,11,14-16H2,1-5H3,(H,29,32)/t20-/m1/s1. The second-order valence-corrected chi connectivity index (χ2v) is 10.6. The molecular formula is C26H36ClN3O4S. The van der Waals surface area contributed by atoms with E-state index in [1.165, 1.54) is 25.8 Å². The topological polar surface area (TPSA) is 90.3 Å². The van der Waals surface area contributed by atoms with Gasteiger partial charge in [0.2, 0.25) is 5.91 Å². The molecule has 1 amide bonds. The Bertz CT molecular complexity index is 1020. The Labute approximate surface area is 217 Å². The monoisotopic (exact) mass is 521 g/mol. The van der Waals surface area contributed by atoms with E-state index in [-0.39, 0.29) is 16.9 Å². The third-order valence-electron chi connectivity index (χ3n) is 5.61. The average Bonchev–Trinajstić information content (AvgIpc) is 3.19. The molecule has 0 aliphatic rings. The van der Waals surface area contributed by atoms with Gasteiger partial charge >= 0.3 is 5.97 Å². The van der Waals surface area contributed by atoms with Gasteiger partial charge in [0.25, 0.3) is 0 Å². The summed E-state index contributed by atoms with van der Waals surface area (Å²) in [4.78, 5) is 40.9. The summed E-state index contributed by atoms with van der Waals surface area (Å²) in [7, 11) is 1.32. The molecule has 192 valence electrons. The van der Waals surface area contributed by atoms with E-state index in [9.17, 15) is 14.4 Å². The van der Waals surface area contributed by atoms with Gasteiger partial charge in [-0.05, 0) is 36.5 Å². The minimum Gasteiger partial charge on any atom is -0.465 e. The number of amides is 1. The van der Waals surface area contributed by atoms with Crippen LogP contribution in [0, 0.1) is 11.8 Å². The van der Waals surface area contributed by atoms with Crippen LogP contribution in [0.3, 0.4) is 0 Å². The van der Waals surface area contributed by atoms with Gasteiger partial charge < -0.3 is 14.6 Å². The number of aromatic nitrogens is 2. The number of aryl methyl sites for hydroxylation is 1. The molecule has 0 fully saturated rings. The van der Waals surface area contributed by atoms with Crippen LogP contribution in [-0.4, -0.2) is 39.4 Å². The number of thioether (sulfide) groups is 1. The van der Waals surface area contributed by atoms with Crippen molar-refractivity contribution in [2.24, 2.45) is 11.8 Å². The molecule has 2 rings (SSSR count). The quantitative estimate of drug-likeness (QED) is 0.361. The summed E-state index contributed by atoms with van der Waals surface area (Å²) in [5.74, 6) is 1.00. The van der Waals surface area contributed by atoms with Crippen molar-refractivity contribution in [1.29, 1.82) is 0 Å². The number of nitrogens with one attached hydrogen (secondary N) is 1. The van der Waals surface area contributed by atoms with Gasteiger partial charge in [-0.1, -0.05) is 56.6 Å². The number of imidazole rings is 1. The van der Waals surface area contributed by atoms with E-state index in [0.29, 0.717) is 35.3 Å². The van der Waals surface area contributed by atoms with Crippen LogP contribution < -0.4 is 5.32 Å². The molecule has 1 heterocycles. The van der Waals surface area contributed by atoms with Crippen molar-refractivity contribution in [3.63, 3.8) is 0 Å². The highest BCUT2D eigenvalue weighted by Gasteiger charge is 2.21. The lowest BCUT2D eigenvalue weighted by Crippen LogP contribution is -2.33. The number of hydrogen-bond acceptors (Lipinski definition) is 6. The van der Waals surface area contributed by atoms with Crippen molar-refractivity contribution in [3.8, 4) is 0 Å². The molecular weight excluding hydrogens is 486 g/mol. The van der Waals surface area contributed by atoms with E-state index in [1.54, 1.807) is 18.3 Å². The first-order valence-corrected chi connectivity index (χ1v) is 13.3. The molecule has 7 nitrogen and oxygen atoms in total. The minimum atomic E-state index is -0.477. The first-order chi connectivity index (χ1) is 16.7. The van der Waals surface area contributed by atoms with E-state index in [1.807, 2.05) is 6.07 Å². The van der Waals surface area contributed by atoms with Gasteiger partial charge in [-0.2, -0.15) is 0 Å². The molecule has 9 heteroatoms. The Balaban J connectivity index is 2.21. The largest absolute Gasteiger partial charge is 0.465 e. The molecule has 1 aromatic carbocycles. The summed E-state index contributed by atoms with van der Waals surface area (Å²) in [5, 5.41) is 3.40. The first-order valence-electron chi connectivity index (χ1n) is 12.0. The maximum Gasteiger partial charge on any atom is 0.339 e. The van der Waals surface area contributed by atoms with Gasteiger partial charge in [0, 0.05) is 31.6 Å². The molecule has 0 bridgehead atoms. The summed E-state index contributed by atoms with van der Waals surface area (Å²) in [5.41, 5.74) is 2.13. The lowest BCUT2D eigenvalue weighted by molar-refractivity contribution is -0.125. The van der Waals surface area contributed by atoms with Crippen LogP contribution >= 0.6 is 23.4 Å². The second-order valence-electron chi connectivity index (χ2n) is 9.01. The third-order valence-corrected chi connectivity index (χ3v) is 6.90. The molecule has 1 N–H and O–H groups in total. The Morgan fingerprint density at radius 2 is 2.00 bits per heavy atom. The number of ether oxygens (including phenoxy) is 1. The SMILES string of the molecule is CCCCc1ncc(CNC(=O)[C@@H](CSC(C)=O)CC(C)C)n1Cc1ccc(C(=O)OC)c(Cl)c1. The van der Waals surface area contributed by atoms with Gasteiger partial charge in [-0.25, -0.2) is 9.78 Å². The number of esters is 1. The highest BCUT2D eigenvalue weighted by molar-refractivity contribution is 8.13. The van der Waals surface area contributed by atoms with E-state index in [0.717, 1.165) is 42.8 Å². The molecule has 0 saturated carbocycles. The fourth-order valence-electron chi connectivity index (χ4n) is 3.80. The molecule has 0 saturated heterocycles. The van der Waals surface area contributed by atoms with Crippen LogP contribution in [0.15, 0.2) is 24.4 Å². The number of carbonyl (C=O) groups is 3. The van der Waals surface area contributed by atoms with Crippen LogP contribution in [0.2, 0.25) is 5.02 Å². The number of nitrogens with zero attached hydrogens (tertiary/aromatic N) is 2. The zero-order chi connectivity index (χ0) is 26.0. The maximum atomic E-state index is 13.0. The van der Waals surface area contributed by atoms with Crippen LogP contribution in [-0.2, 0) is 33.8 Å². The fourth-order valence-corrected chi connectivity index (χ4v) is 4.80. The molecule has 35 heavy (non-hydrogen) atoms. The van der Waals surface area contributed by atoms with Gasteiger partial charge in [0.15, 0.2) is 5.12 Å². The minimum absolute atomic E-state index is 0.0158. The van der Waals surface area contributed by atoms with Gasteiger partial charge in [0.1, 0.15) is 5.82 Å². The Morgan fingerprint density at radius 3 is 2.60 bits per heavy atom. The van der Waals surface area contributed by atoms with E-state index in [2.05, 4.69) is 35.6 Å². The maximum absolute atomic E-state index is 13.0. The molecule has 0 aliphatic heterocycles. The summed E-state index contributed by atoms with van der Waals surface area (Å²) in [6.07, 6.45) is 5.39. The van der Waals surface area contributed by atoms with Crippen molar-refractivity contribution in [1.82, 2.24) is 14.9 Å². The molecule has 1 atom stereocenters. The number of carbonyl (C=O) groups excluding carboxylic acids is 3. The highest BCUT2D eigenvalue weighted by atomic mass is 35.5. The van der Waals surface area contributed by atoms with E-state index in [4.69, 9.17) is 16.3 Å². The number of benzene rings is 1. The average molecular weight is 522 g/mol. The van der Waals surface area contributed by atoms with Crippen molar-refractivity contribution in [2.75, 3.05) is 12.9 Å². The number of halogens is 1. The summed E-state index contributed by atoms with van der Waals surface area (Å²) < 4.78 is 6.87. The smallest absolute Gasteiger partial charge is 0.339 e. The lowest BCUT2D eigenvalue weighted by Gasteiger charge is -2.19. The van der Waals surface area contributed by atoms with Crippen molar-refractivity contribution < 1.29 is 19.1 Å². The summed E-state index contributed by atoms with van der Waals surface area (Å²) in [6.45, 7) is 8.66. The molecule has 0 radical (unpaired) electrons.